The van der Waals surface area contributed by atoms with E-state index in [1.54, 1.807) is 6.07 Å². The number of nitrogens with zero attached hydrogens (tertiary/aromatic N) is 1. The van der Waals surface area contributed by atoms with Gasteiger partial charge in [-0.05, 0) is 12.1 Å². The molecule has 0 saturated heterocycles. The first-order valence-electron chi connectivity index (χ1n) is 4.81. The molecule has 6 nitrogen and oxygen atoms in total. The molecule has 0 bridgehead atoms. The minimum atomic E-state index is -0.622. The van der Waals surface area contributed by atoms with E-state index < -0.39 is 11.9 Å². The van der Waals surface area contributed by atoms with Crippen LogP contribution in [0.1, 0.15) is 20.7 Å². The zero-order valence-corrected chi connectivity index (χ0v) is 9.31. The maximum absolute atomic E-state index is 11.7. The standard InChI is InChI=1S/C11H10N2O4/c1-16-10(14)6-3-4-7-9(13-5-12-7)8(6)11(15)17-2/h3-5H,1-2H3,(H,12,13). The zero-order chi connectivity index (χ0) is 12.4. The first-order chi connectivity index (χ1) is 8.19. The first kappa shape index (κ1) is 11.1. The van der Waals surface area contributed by atoms with Crippen LogP contribution in [0, 0.1) is 0 Å². The van der Waals surface area contributed by atoms with Gasteiger partial charge >= 0.3 is 11.9 Å². The molecule has 0 saturated carbocycles. The number of rotatable bonds is 2. The second-order valence-corrected chi connectivity index (χ2v) is 3.27. The third kappa shape index (κ3) is 1.73. The SMILES string of the molecule is COC(=O)c1ccc2[nH]cnc2c1C(=O)OC. The number of H-pyrrole nitrogens is 1. The fraction of sp³-hybridized carbons (Fsp3) is 0.182. The monoisotopic (exact) mass is 234 g/mol. The van der Waals surface area contributed by atoms with E-state index in [9.17, 15) is 9.59 Å². The molecule has 0 aliphatic rings. The molecule has 0 radical (unpaired) electrons. The summed E-state index contributed by atoms with van der Waals surface area (Å²) in [6.45, 7) is 0. The molecule has 2 aromatic rings. The number of hydrogen-bond donors (Lipinski definition) is 1. The van der Waals surface area contributed by atoms with Crippen molar-refractivity contribution >= 4 is 23.0 Å². The lowest BCUT2D eigenvalue weighted by Gasteiger charge is -2.06. The minimum Gasteiger partial charge on any atom is -0.465 e. The molecule has 0 amide bonds. The van der Waals surface area contributed by atoms with Crippen molar-refractivity contribution in [3.8, 4) is 0 Å². The van der Waals surface area contributed by atoms with Crippen LogP contribution in [0.3, 0.4) is 0 Å². The highest BCUT2D eigenvalue weighted by molar-refractivity contribution is 6.11. The zero-order valence-electron chi connectivity index (χ0n) is 9.31. The van der Waals surface area contributed by atoms with Crippen LogP contribution in [-0.4, -0.2) is 36.1 Å². The van der Waals surface area contributed by atoms with Gasteiger partial charge in [-0.15, -0.1) is 0 Å². The molecule has 0 aliphatic carbocycles. The smallest absolute Gasteiger partial charge is 0.341 e. The van der Waals surface area contributed by atoms with Crippen LogP contribution in [0.2, 0.25) is 0 Å². The molecule has 1 N–H and O–H groups in total. The van der Waals surface area contributed by atoms with Gasteiger partial charge in [0, 0.05) is 0 Å². The lowest BCUT2D eigenvalue weighted by Crippen LogP contribution is -2.12. The Morgan fingerprint density at radius 2 is 1.88 bits per heavy atom. The van der Waals surface area contributed by atoms with Crippen LogP contribution in [0.25, 0.3) is 11.0 Å². The molecule has 1 heterocycles. The molecule has 0 aliphatic heterocycles. The summed E-state index contributed by atoms with van der Waals surface area (Å²) in [7, 11) is 2.49. The van der Waals surface area contributed by atoms with Crippen molar-refractivity contribution < 1.29 is 19.1 Å². The number of fused-ring (bicyclic) bond motifs is 1. The van der Waals surface area contributed by atoms with E-state index >= 15 is 0 Å². The Hall–Kier alpha value is -2.37. The van der Waals surface area contributed by atoms with Crippen molar-refractivity contribution in [2.75, 3.05) is 14.2 Å². The number of carbonyl (C=O) groups excluding carboxylic acids is 2. The Morgan fingerprint density at radius 3 is 2.53 bits per heavy atom. The molecule has 1 aromatic heterocycles. The van der Waals surface area contributed by atoms with Gasteiger partial charge in [-0.3, -0.25) is 0 Å². The quantitative estimate of drug-likeness (QED) is 0.788. The average molecular weight is 234 g/mol. The van der Waals surface area contributed by atoms with Crippen LogP contribution in [0.4, 0.5) is 0 Å². The van der Waals surface area contributed by atoms with Gasteiger partial charge in [0.25, 0.3) is 0 Å². The molecule has 1 aromatic carbocycles. The van der Waals surface area contributed by atoms with Gasteiger partial charge in [-0.25, -0.2) is 14.6 Å². The summed E-state index contributed by atoms with van der Waals surface area (Å²) in [5.74, 6) is -1.22. The summed E-state index contributed by atoms with van der Waals surface area (Å²) < 4.78 is 9.26. The molecule has 17 heavy (non-hydrogen) atoms. The lowest BCUT2D eigenvalue weighted by atomic mass is 10.1. The maximum atomic E-state index is 11.7. The number of nitrogens with one attached hydrogen (secondary N) is 1. The van der Waals surface area contributed by atoms with Gasteiger partial charge in [0.1, 0.15) is 11.1 Å². The van der Waals surface area contributed by atoms with Crippen LogP contribution < -0.4 is 0 Å². The molecule has 0 atom stereocenters. The molecular weight excluding hydrogens is 224 g/mol. The third-order valence-electron chi connectivity index (χ3n) is 2.39. The number of carbonyl (C=O) groups is 2. The predicted molar refractivity (Wildman–Crippen MR) is 58.8 cm³/mol. The summed E-state index contributed by atoms with van der Waals surface area (Å²) in [6, 6.07) is 3.15. The Labute approximate surface area is 96.6 Å². The first-order valence-corrected chi connectivity index (χ1v) is 4.81. The van der Waals surface area contributed by atoms with Crippen LogP contribution in [-0.2, 0) is 9.47 Å². The number of imidazole rings is 1. The van der Waals surface area contributed by atoms with Crippen molar-refractivity contribution in [2.24, 2.45) is 0 Å². The van der Waals surface area contributed by atoms with Gasteiger partial charge in [0.05, 0.1) is 31.6 Å². The summed E-state index contributed by atoms with van der Waals surface area (Å²) in [5.41, 5.74) is 1.29. The number of ether oxygens (including phenoxy) is 2. The highest BCUT2D eigenvalue weighted by atomic mass is 16.5. The summed E-state index contributed by atoms with van der Waals surface area (Å²) in [4.78, 5) is 30.1. The highest BCUT2D eigenvalue weighted by Gasteiger charge is 2.22. The van der Waals surface area contributed by atoms with E-state index in [0.29, 0.717) is 11.0 Å². The summed E-state index contributed by atoms with van der Waals surface area (Å²) >= 11 is 0. The Balaban J connectivity index is 2.74. The van der Waals surface area contributed by atoms with Crippen molar-refractivity contribution in [1.82, 2.24) is 9.97 Å². The number of aromatic amines is 1. The molecular formula is C11H10N2O4. The third-order valence-corrected chi connectivity index (χ3v) is 2.39. The number of methoxy groups -OCH3 is 2. The van der Waals surface area contributed by atoms with E-state index in [2.05, 4.69) is 19.4 Å². The van der Waals surface area contributed by atoms with Gasteiger partial charge < -0.3 is 14.5 Å². The number of esters is 2. The average Bonchev–Trinajstić information content (AvgIpc) is 2.83. The minimum absolute atomic E-state index is 0.109. The number of benzene rings is 1. The van der Waals surface area contributed by atoms with E-state index in [4.69, 9.17) is 0 Å². The van der Waals surface area contributed by atoms with E-state index in [0.717, 1.165) is 0 Å². The fourth-order valence-electron chi connectivity index (χ4n) is 1.60. The Morgan fingerprint density at radius 1 is 1.18 bits per heavy atom. The van der Waals surface area contributed by atoms with Gasteiger partial charge in [-0.1, -0.05) is 0 Å². The van der Waals surface area contributed by atoms with E-state index in [1.807, 2.05) is 0 Å². The van der Waals surface area contributed by atoms with Crippen molar-refractivity contribution in [1.29, 1.82) is 0 Å². The topological polar surface area (TPSA) is 81.3 Å². The van der Waals surface area contributed by atoms with Crippen molar-refractivity contribution in [2.45, 2.75) is 0 Å². The van der Waals surface area contributed by atoms with Crippen LogP contribution in [0.15, 0.2) is 18.5 Å². The summed E-state index contributed by atoms with van der Waals surface area (Å²) in [5, 5.41) is 0. The van der Waals surface area contributed by atoms with Crippen molar-refractivity contribution in [3.63, 3.8) is 0 Å². The second-order valence-electron chi connectivity index (χ2n) is 3.27. The van der Waals surface area contributed by atoms with Gasteiger partial charge in [0.2, 0.25) is 0 Å². The van der Waals surface area contributed by atoms with Crippen LogP contribution >= 0.6 is 0 Å². The molecule has 0 fully saturated rings. The van der Waals surface area contributed by atoms with Gasteiger partial charge in [0.15, 0.2) is 0 Å². The molecule has 88 valence electrons. The van der Waals surface area contributed by atoms with E-state index in [-0.39, 0.29) is 11.1 Å². The predicted octanol–water partition coefficient (Wildman–Crippen LogP) is 1.14. The molecule has 0 unspecified atom stereocenters. The largest absolute Gasteiger partial charge is 0.465 e. The van der Waals surface area contributed by atoms with Crippen LogP contribution in [0.5, 0.6) is 0 Å². The lowest BCUT2D eigenvalue weighted by molar-refractivity contribution is 0.0557. The van der Waals surface area contributed by atoms with Crippen molar-refractivity contribution in [3.05, 3.63) is 29.6 Å². The number of hydrogen-bond acceptors (Lipinski definition) is 5. The normalized spacial score (nSPS) is 10.2. The second kappa shape index (κ2) is 4.25. The molecule has 2 rings (SSSR count). The Bertz CT molecular complexity index is 588. The molecule has 0 spiro atoms. The maximum Gasteiger partial charge on any atom is 0.341 e. The van der Waals surface area contributed by atoms with E-state index in [1.165, 1.54) is 26.6 Å². The highest BCUT2D eigenvalue weighted by Crippen LogP contribution is 2.21. The fourth-order valence-corrected chi connectivity index (χ4v) is 1.60. The summed E-state index contributed by atoms with van der Waals surface area (Å²) in [6.07, 6.45) is 1.44. The van der Waals surface area contributed by atoms with Gasteiger partial charge in [-0.2, -0.15) is 0 Å². The number of aromatic nitrogens is 2. The molecule has 6 heteroatoms. The Kier molecular flexibility index (Phi) is 2.78.